The van der Waals surface area contributed by atoms with Crippen molar-refractivity contribution in [2.45, 2.75) is 296 Å². The third-order valence-corrected chi connectivity index (χ3v) is 10.6. The molecule has 4 aromatic carbocycles. The topological polar surface area (TPSA) is 158 Å². The molecule has 4 aliphatic carbocycles. The number of hydrogen-bond donors (Lipinski definition) is 0. The van der Waals surface area contributed by atoms with E-state index < -0.39 is 0 Å². The summed E-state index contributed by atoms with van der Waals surface area (Å²) in [6.45, 7) is 50.8. The summed E-state index contributed by atoms with van der Waals surface area (Å²) in [4.78, 5) is 58.3. The van der Waals surface area contributed by atoms with E-state index >= 15 is 0 Å². The molecule has 0 heterocycles. The Hall–Kier alpha value is -5.98. The van der Waals surface area contributed by atoms with Crippen LogP contribution in [0.1, 0.15) is 289 Å². The van der Waals surface area contributed by atoms with Gasteiger partial charge in [-0.25, -0.2) is 0 Å². The summed E-state index contributed by atoms with van der Waals surface area (Å²) >= 11 is 0. The van der Waals surface area contributed by atoms with Crippen molar-refractivity contribution in [3.63, 3.8) is 0 Å². The molecule has 94 heavy (non-hydrogen) atoms. The zero-order valence-corrected chi connectivity index (χ0v) is 67.3. The van der Waals surface area contributed by atoms with Crippen molar-refractivity contribution in [3.05, 3.63) is 142 Å². The predicted octanol–water partition coefficient (Wildman–Crippen LogP) is 22.5. The molecule has 12 heteroatoms. The first-order valence-electron chi connectivity index (χ1n) is 35.8. The van der Waals surface area contributed by atoms with Crippen LogP contribution >= 0.6 is 0 Å². The lowest BCUT2D eigenvalue weighted by Gasteiger charge is -2.13. The largest absolute Gasteiger partial charge is 0.469 e. The summed E-state index contributed by atoms with van der Waals surface area (Å²) in [6, 6.07) is 35.2. The Morgan fingerprint density at radius 3 is 0.468 bits per heavy atom. The SMILES string of the molecule is CC.CC.CC.CC.CC.CC.CC.CC.CC(C)=O.CC(C)=O.CCOC(=O)CC.CCOC(C)=O.CCOC(C)=O.COC.COC.COC(C)=O.c1ccc2c(c1)CCCC2.c1ccc2c(c1)CCCC2.c1ccc2c(c1)CCCC2.c1ccc2c(c1)CCCC2. The third kappa shape index (κ3) is 99.6. The van der Waals surface area contributed by atoms with Crippen LogP contribution < -0.4 is 0 Å². The molecule has 0 bridgehead atoms. The lowest BCUT2D eigenvalue weighted by atomic mass is 9.92. The van der Waals surface area contributed by atoms with Crippen molar-refractivity contribution in [2.24, 2.45) is 0 Å². The van der Waals surface area contributed by atoms with Crippen molar-refractivity contribution in [3.8, 4) is 0 Å². The molecule has 12 nitrogen and oxygen atoms in total. The van der Waals surface area contributed by atoms with Crippen molar-refractivity contribution < 1.29 is 57.2 Å². The van der Waals surface area contributed by atoms with Crippen LogP contribution in [0.15, 0.2) is 97.1 Å². The Labute approximate surface area is 583 Å². The number of methoxy groups -OCH3 is 3. The number of fused-ring (bicyclic) bond motifs is 4. The highest BCUT2D eigenvalue weighted by Crippen LogP contribution is 2.22. The standard InChI is InChI=1S/4C10H12.C5H10O2.2C4H8O2.C3H6O2.2C3H6O.2C2H6O.8C2H6/c4*1-2-6-10-8-4-3-7-9(10)5-1;1-3-5(6)7-4-2;2*1-3-6-4(2)5;1-3(4)5-2;2*1-3(2)4;2*1-3-2;8*1-2/h4*1-2,5-6H,3-4,7-8H2;3-4H2,1-2H3;2*3H2,1-2H3;1-2H3;2*1-2H3;2*1-2H3;8*1-2H3. The van der Waals surface area contributed by atoms with Crippen LogP contribution in [0.5, 0.6) is 0 Å². The van der Waals surface area contributed by atoms with Gasteiger partial charge >= 0.3 is 23.9 Å². The summed E-state index contributed by atoms with van der Waals surface area (Å²) in [5.74, 6) is -0.456. The summed E-state index contributed by atoms with van der Waals surface area (Å²) < 4.78 is 26.0. The van der Waals surface area contributed by atoms with Gasteiger partial charge in [-0.05, 0) is 196 Å². The molecule has 0 atom stereocenters. The molecule has 4 aliphatic rings. The second-order valence-electron chi connectivity index (χ2n) is 18.2. The number of esters is 4. The van der Waals surface area contributed by atoms with Gasteiger partial charge in [-0.15, -0.1) is 0 Å². The van der Waals surface area contributed by atoms with Gasteiger partial charge in [0.15, 0.2) is 0 Å². The van der Waals surface area contributed by atoms with Crippen molar-refractivity contribution >= 4 is 35.4 Å². The number of hydrogen-bond acceptors (Lipinski definition) is 12. The fraction of sp³-hybridized carbons (Fsp3) is 0.634. The lowest BCUT2D eigenvalue weighted by Crippen LogP contribution is -2.00. The minimum Gasteiger partial charge on any atom is -0.469 e. The number of ether oxygens (including phenoxy) is 6. The summed E-state index contributed by atoms with van der Waals surface area (Å²) in [7, 11) is 7.85. The van der Waals surface area contributed by atoms with E-state index in [1.54, 1.807) is 101 Å². The fourth-order valence-electron chi connectivity index (χ4n) is 7.37. The molecule has 0 unspecified atom stereocenters. The van der Waals surface area contributed by atoms with Gasteiger partial charge in [0.2, 0.25) is 0 Å². The number of benzene rings is 4. The molecular weight excluding hydrogens is 1180 g/mol. The fourth-order valence-corrected chi connectivity index (χ4v) is 7.37. The van der Waals surface area contributed by atoms with Gasteiger partial charge in [-0.1, -0.05) is 215 Å². The molecule has 0 aromatic heterocycles. The van der Waals surface area contributed by atoms with Crippen molar-refractivity contribution in [1.29, 1.82) is 0 Å². The van der Waals surface area contributed by atoms with Gasteiger partial charge in [-0.2, -0.15) is 0 Å². The van der Waals surface area contributed by atoms with Crippen molar-refractivity contribution in [1.82, 2.24) is 0 Å². The van der Waals surface area contributed by atoms with Crippen molar-refractivity contribution in [2.75, 3.05) is 55.4 Å². The Bertz CT molecular complexity index is 1770. The van der Waals surface area contributed by atoms with Gasteiger partial charge in [0, 0.05) is 55.6 Å². The summed E-state index contributed by atoms with van der Waals surface area (Å²) in [5, 5.41) is 0. The quantitative estimate of drug-likeness (QED) is 0.141. The zero-order chi connectivity index (χ0) is 75.8. The normalized spacial score (nSPS) is 10.4. The van der Waals surface area contributed by atoms with Crippen LogP contribution in [-0.2, 0) is 109 Å². The van der Waals surface area contributed by atoms with Gasteiger partial charge in [-0.3, -0.25) is 19.2 Å². The molecule has 0 spiro atoms. The van der Waals surface area contributed by atoms with Crippen LogP contribution in [0.4, 0.5) is 0 Å². The second kappa shape index (κ2) is 106. The molecule has 0 saturated carbocycles. The average Bonchev–Trinajstić information content (AvgIpc) is 1.16. The minimum atomic E-state index is -0.245. The number of carbonyl (C=O) groups is 6. The predicted molar refractivity (Wildman–Crippen MR) is 411 cm³/mol. The van der Waals surface area contributed by atoms with Crippen LogP contribution in [0.3, 0.4) is 0 Å². The zero-order valence-electron chi connectivity index (χ0n) is 67.3. The molecular formula is C82H152O12. The smallest absolute Gasteiger partial charge is 0.305 e. The highest BCUT2D eigenvalue weighted by Gasteiger charge is 2.09. The van der Waals surface area contributed by atoms with E-state index in [2.05, 4.69) is 125 Å². The third-order valence-electron chi connectivity index (χ3n) is 10.6. The Morgan fingerprint density at radius 2 is 0.404 bits per heavy atom. The van der Waals surface area contributed by atoms with Gasteiger partial charge in [0.05, 0.1) is 26.9 Å². The van der Waals surface area contributed by atoms with E-state index in [-0.39, 0.29) is 35.4 Å². The first-order valence-corrected chi connectivity index (χ1v) is 35.8. The maximum atomic E-state index is 10.2. The highest BCUT2D eigenvalue weighted by atomic mass is 16.5. The maximum Gasteiger partial charge on any atom is 0.305 e. The average molecular weight is 1330 g/mol. The number of carbonyl (C=O) groups excluding carboxylic acids is 6. The van der Waals surface area contributed by atoms with Crippen LogP contribution in [0.25, 0.3) is 0 Å². The Kier molecular flexibility index (Phi) is 130. The molecule has 0 fully saturated rings. The molecule has 0 radical (unpaired) electrons. The van der Waals surface area contributed by atoms with Crippen LogP contribution in [-0.4, -0.2) is 90.8 Å². The van der Waals surface area contributed by atoms with E-state index in [0.717, 1.165) is 0 Å². The number of Topliss-reactive ketones (excluding diaryl/α,β-unsaturated/α-hetero) is 2. The second-order valence-corrected chi connectivity index (χ2v) is 18.2. The molecule has 0 saturated heterocycles. The van der Waals surface area contributed by atoms with E-state index in [1.807, 2.05) is 111 Å². The minimum absolute atomic E-state index is 0.123. The molecule has 0 aliphatic heterocycles. The van der Waals surface area contributed by atoms with E-state index in [1.165, 1.54) is 158 Å². The van der Waals surface area contributed by atoms with Crippen LogP contribution in [0, 0.1) is 0 Å². The molecule has 0 N–H and O–H groups in total. The maximum absolute atomic E-state index is 10.2. The Balaban J connectivity index is -0.0000000778. The summed E-state index contributed by atoms with van der Waals surface area (Å²) in [6.07, 6.45) is 22.0. The summed E-state index contributed by atoms with van der Waals surface area (Å²) in [5.41, 5.74) is 12.6. The molecule has 8 rings (SSSR count). The first-order chi connectivity index (χ1) is 45.3. The van der Waals surface area contributed by atoms with Gasteiger partial charge in [0.1, 0.15) is 11.6 Å². The van der Waals surface area contributed by atoms with Crippen LogP contribution in [0.2, 0.25) is 0 Å². The van der Waals surface area contributed by atoms with Gasteiger partial charge in [0.25, 0.3) is 0 Å². The lowest BCUT2D eigenvalue weighted by molar-refractivity contribution is -0.143. The highest BCUT2D eigenvalue weighted by molar-refractivity contribution is 5.72. The van der Waals surface area contributed by atoms with E-state index in [0.29, 0.717) is 26.2 Å². The molecule has 0 amide bonds. The number of rotatable bonds is 4. The Morgan fingerprint density at radius 1 is 0.277 bits per heavy atom. The monoisotopic (exact) mass is 1330 g/mol. The molecule has 552 valence electrons. The number of aryl methyl sites for hydroxylation is 8. The van der Waals surface area contributed by atoms with E-state index in [9.17, 15) is 28.8 Å². The van der Waals surface area contributed by atoms with E-state index in [4.69, 9.17) is 0 Å². The van der Waals surface area contributed by atoms with Gasteiger partial charge < -0.3 is 38.0 Å². The first kappa shape index (κ1) is 115. The molecule has 4 aromatic rings. The number of ketones is 2.